The van der Waals surface area contributed by atoms with Crippen molar-refractivity contribution < 1.29 is 5.48 Å². The van der Waals surface area contributed by atoms with Gasteiger partial charge in [-0.15, -0.1) is 0 Å². The van der Waals surface area contributed by atoms with Crippen molar-refractivity contribution in [1.29, 1.82) is 0 Å². The molecule has 0 aliphatic carbocycles. The van der Waals surface area contributed by atoms with Crippen LogP contribution in [0.4, 0.5) is 0 Å². The fraction of sp³-hybridized carbons (Fsp3) is 0.600. The molecule has 1 atom stereocenters. The molecule has 2 heteroatoms. The van der Waals surface area contributed by atoms with Gasteiger partial charge in [-0.3, -0.25) is 0 Å². The first-order chi connectivity index (χ1) is 7.90. The van der Waals surface area contributed by atoms with E-state index in [9.17, 15) is 0 Å². The third kappa shape index (κ3) is 4.14. The molecule has 0 saturated carbocycles. The number of likely N-dealkylation sites (tertiary alicyclic amines) is 1. The van der Waals surface area contributed by atoms with E-state index in [1.807, 2.05) is 0 Å². The Labute approximate surface area is 105 Å². The lowest BCUT2D eigenvalue weighted by atomic mass is 9.89. The Morgan fingerprint density at radius 2 is 1.82 bits per heavy atom. The molecule has 0 aromatic heterocycles. The molecule has 1 aliphatic rings. The fourth-order valence-corrected chi connectivity index (χ4v) is 2.70. The van der Waals surface area contributed by atoms with Crippen LogP contribution in [0, 0.1) is 0 Å². The van der Waals surface area contributed by atoms with Gasteiger partial charge in [0.2, 0.25) is 0 Å². The van der Waals surface area contributed by atoms with E-state index in [0.29, 0.717) is 0 Å². The Morgan fingerprint density at radius 3 is 2.53 bits per heavy atom. The van der Waals surface area contributed by atoms with Crippen molar-refractivity contribution in [3.05, 3.63) is 35.9 Å². The topological polar surface area (TPSA) is 34.7 Å². The molecule has 2 N–H and O–H groups in total. The van der Waals surface area contributed by atoms with Crippen molar-refractivity contribution in [3.63, 3.8) is 0 Å². The fourth-order valence-electron chi connectivity index (χ4n) is 2.70. The van der Waals surface area contributed by atoms with Crippen LogP contribution >= 0.6 is 0 Å². The Balaban J connectivity index is 0.00000144. The van der Waals surface area contributed by atoms with Crippen molar-refractivity contribution in [2.45, 2.75) is 38.5 Å². The minimum atomic E-state index is 0. The Hall–Kier alpha value is -0.860. The first kappa shape index (κ1) is 14.2. The molecule has 1 heterocycles. The molecular formula is C15H25NO. The highest BCUT2D eigenvalue weighted by molar-refractivity contribution is 5.19. The Bertz CT molecular complexity index is 299. The minimum absolute atomic E-state index is 0. The first-order valence-corrected chi connectivity index (χ1v) is 6.67. The number of nitrogens with zero attached hydrogens (tertiary/aromatic N) is 1. The lowest BCUT2D eigenvalue weighted by molar-refractivity contribution is 0.249. The molecule has 1 aromatic rings. The van der Waals surface area contributed by atoms with Crippen LogP contribution in [0.2, 0.25) is 0 Å². The molecule has 1 fully saturated rings. The van der Waals surface area contributed by atoms with Gasteiger partial charge in [0.1, 0.15) is 0 Å². The largest absolute Gasteiger partial charge is 0.412 e. The van der Waals surface area contributed by atoms with Gasteiger partial charge >= 0.3 is 0 Å². The van der Waals surface area contributed by atoms with E-state index in [-0.39, 0.29) is 5.48 Å². The van der Waals surface area contributed by atoms with Crippen LogP contribution in [0.3, 0.4) is 0 Å². The van der Waals surface area contributed by atoms with Crippen LogP contribution in [-0.2, 0) is 0 Å². The summed E-state index contributed by atoms with van der Waals surface area (Å²) in [7, 11) is 0. The molecule has 0 amide bonds. The molecule has 1 aromatic carbocycles. The van der Waals surface area contributed by atoms with Gasteiger partial charge in [0.25, 0.3) is 0 Å². The van der Waals surface area contributed by atoms with Gasteiger partial charge in [-0.05, 0) is 50.4 Å². The molecule has 1 aliphatic heterocycles. The van der Waals surface area contributed by atoms with Crippen LogP contribution in [-0.4, -0.2) is 30.0 Å². The van der Waals surface area contributed by atoms with Crippen LogP contribution in [0.25, 0.3) is 0 Å². The quantitative estimate of drug-likeness (QED) is 0.776. The lowest BCUT2D eigenvalue weighted by Gasteiger charge is -2.27. The summed E-state index contributed by atoms with van der Waals surface area (Å²) in [5, 5.41) is 0. The highest BCUT2D eigenvalue weighted by Gasteiger charge is 2.15. The average molecular weight is 235 g/mol. The van der Waals surface area contributed by atoms with Crippen molar-refractivity contribution >= 4 is 0 Å². The third-order valence-corrected chi connectivity index (χ3v) is 3.79. The van der Waals surface area contributed by atoms with Crippen molar-refractivity contribution in [3.8, 4) is 0 Å². The summed E-state index contributed by atoms with van der Waals surface area (Å²) in [5.74, 6) is 0.788. The van der Waals surface area contributed by atoms with Gasteiger partial charge in [-0.1, -0.05) is 43.7 Å². The zero-order valence-corrected chi connectivity index (χ0v) is 10.9. The standard InChI is InChI=1S/C15H23N.H2O/c1-2-16-12-7-6-10-15(11-13-16)14-8-4-3-5-9-14;/h3-5,8-9,15H,2,6-7,10-13H2,1H3;1H2. The predicted molar refractivity (Wildman–Crippen MR) is 73.4 cm³/mol. The molecule has 1 saturated heterocycles. The zero-order chi connectivity index (χ0) is 11.2. The molecule has 0 bridgehead atoms. The smallest absolute Gasteiger partial charge is 0.00130 e. The molecular weight excluding hydrogens is 210 g/mol. The van der Waals surface area contributed by atoms with Gasteiger partial charge in [-0.2, -0.15) is 0 Å². The minimum Gasteiger partial charge on any atom is -0.412 e. The van der Waals surface area contributed by atoms with Gasteiger partial charge < -0.3 is 10.4 Å². The molecule has 2 nitrogen and oxygen atoms in total. The highest BCUT2D eigenvalue weighted by atomic mass is 16.0. The number of rotatable bonds is 2. The third-order valence-electron chi connectivity index (χ3n) is 3.79. The monoisotopic (exact) mass is 235 g/mol. The first-order valence-electron chi connectivity index (χ1n) is 6.67. The van der Waals surface area contributed by atoms with Crippen LogP contribution in [0.15, 0.2) is 30.3 Å². The maximum Gasteiger partial charge on any atom is -0.00130 e. The van der Waals surface area contributed by atoms with E-state index < -0.39 is 0 Å². The molecule has 2 rings (SSSR count). The van der Waals surface area contributed by atoms with Gasteiger partial charge in [-0.25, -0.2) is 0 Å². The van der Waals surface area contributed by atoms with Crippen molar-refractivity contribution in [1.82, 2.24) is 4.90 Å². The predicted octanol–water partition coefficient (Wildman–Crippen LogP) is 2.84. The van der Waals surface area contributed by atoms with Crippen molar-refractivity contribution in [2.75, 3.05) is 19.6 Å². The van der Waals surface area contributed by atoms with E-state index in [2.05, 4.69) is 42.2 Å². The Kier molecular flexibility index (Phi) is 6.23. The second-order valence-corrected chi connectivity index (χ2v) is 4.83. The van der Waals surface area contributed by atoms with E-state index in [1.54, 1.807) is 5.56 Å². The molecule has 17 heavy (non-hydrogen) atoms. The van der Waals surface area contributed by atoms with Gasteiger partial charge in [0, 0.05) is 0 Å². The Morgan fingerprint density at radius 1 is 1.06 bits per heavy atom. The normalized spacial score (nSPS) is 22.3. The maximum atomic E-state index is 2.59. The van der Waals surface area contributed by atoms with E-state index in [4.69, 9.17) is 0 Å². The molecule has 0 spiro atoms. The SMILES string of the molecule is CCN1CCCCC(c2ccccc2)CC1.O. The molecule has 96 valence electrons. The maximum absolute atomic E-state index is 2.59. The van der Waals surface area contributed by atoms with Crippen LogP contribution in [0.1, 0.15) is 44.1 Å². The second kappa shape index (κ2) is 7.46. The summed E-state index contributed by atoms with van der Waals surface area (Å²) in [6.45, 7) is 6.06. The lowest BCUT2D eigenvalue weighted by Crippen LogP contribution is -2.28. The molecule has 1 unspecified atom stereocenters. The number of hydrogen-bond donors (Lipinski definition) is 0. The summed E-state index contributed by atoms with van der Waals surface area (Å²) in [6, 6.07) is 11.0. The average Bonchev–Trinajstić information content (AvgIpc) is 2.30. The summed E-state index contributed by atoms with van der Waals surface area (Å²) in [5.41, 5.74) is 1.54. The highest BCUT2D eigenvalue weighted by Crippen LogP contribution is 2.27. The number of hydrogen-bond acceptors (Lipinski definition) is 1. The summed E-state index contributed by atoms with van der Waals surface area (Å²) < 4.78 is 0. The van der Waals surface area contributed by atoms with Crippen molar-refractivity contribution in [2.24, 2.45) is 0 Å². The van der Waals surface area contributed by atoms with E-state index >= 15 is 0 Å². The van der Waals surface area contributed by atoms with Crippen LogP contribution < -0.4 is 0 Å². The van der Waals surface area contributed by atoms with Gasteiger partial charge in [0.05, 0.1) is 0 Å². The number of benzene rings is 1. The summed E-state index contributed by atoms with van der Waals surface area (Å²) in [4.78, 5) is 2.59. The summed E-state index contributed by atoms with van der Waals surface area (Å²) >= 11 is 0. The summed E-state index contributed by atoms with van der Waals surface area (Å²) in [6.07, 6.45) is 5.46. The van der Waals surface area contributed by atoms with E-state index in [0.717, 1.165) is 5.92 Å². The second-order valence-electron chi connectivity index (χ2n) is 4.83. The van der Waals surface area contributed by atoms with E-state index in [1.165, 1.54) is 45.3 Å². The zero-order valence-electron chi connectivity index (χ0n) is 10.9. The van der Waals surface area contributed by atoms with Gasteiger partial charge in [0.15, 0.2) is 0 Å². The van der Waals surface area contributed by atoms with Crippen LogP contribution in [0.5, 0.6) is 0 Å². The molecule has 0 radical (unpaired) electrons.